The molecule has 1 amide bonds. The van der Waals surface area contributed by atoms with Gasteiger partial charge in [-0.2, -0.15) is 0 Å². The largest absolute Gasteiger partial charge is 0.340 e. The molecule has 0 aromatic carbocycles. The maximum absolute atomic E-state index is 12.4. The highest BCUT2D eigenvalue weighted by Crippen LogP contribution is 2.20. The number of amides is 1. The van der Waals surface area contributed by atoms with Gasteiger partial charge in [-0.3, -0.25) is 4.79 Å². The molecule has 98 valence electrons. The molecule has 1 atom stereocenters. The first-order chi connectivity index (χ1) is 8.18. The highest BCUT2D eigenvalue weighted by Gasteiger charge is 2.30. The van der Waals surface area contributed by atoms with Gasteiger partial charge in [-0.05, 0) is 33.2 Å². The Hall–Kier alpha value is -0.610. The standard InChI is InChI=1S/C13H25N3O/c1-11(2)16-7-3-4-12(10-16)13(17)15-8-5-14-6-9-15/h11-12,14H,3-10H2,1-2H3. The fourth-order valence-electron chi connectivity index (χ4n) is 2.82. The molecule has 4 nitrogen and oxygen atoms in total. The Morgan fingerprint density at radius 3 is 2.59 bits per heavy atom. The smallest absolute Gasteiger partial charge is 0.227 e. The molecular weight excluding hydrogens is 214 g/mol. The number of carbonyl (C=O) groups excluding carboxylic acids is 1. The molecule has 1 N–H and O–H groups in total. The summed E-state index contributed by atoms with van der Waals surface area (Å²) in [6.07, 6.45) is 2.24. The van der Waals surface area contributed by atoms with E-state index in [4.69, 9.17) is 0 Å². The van der Waals surface area contributed by atoms with Gasteiger partial charge in [0.05, 0.1) is 5.92 Å². The molecule has 4 heteroatoms. The lowest BCUT2D eigenvalue weighted by atomic mass is 9.95. The predicted molar refractivity (Wildman–Crippen MR) is 68.9 cm³/mol. The number of nitrogens with one attached hydrogen (secondary N) is 1. The van der Waals surface area contributed by atoms with Crippen molar-refractivity contribution in [1.29, 1.82) is 0 Å². The quantitative estimate of drug-likeness (QED) is 0.764. The van der Waals surface area contributed by atoms with Crippen molar-refractivity contribution in [2.45, 2.75) is 32.7 Å². The van der Waals surface area contributed by atoms with Crippen LogP contribution in [0.15, 0.2) is 0 Å². The average Bonchev–Trinajstić information content (AvgIpc) is 2.39. The van der Waals surface area contributed by atoms with Crippen LogP contribution in [0.3, 0.4) is 0 Å². The summed E-state index contributed by atoms with van der Waals surface area (Å²) in [6.45, 7) is 10.2. The second kappa shape index (κ2) is 5.83. The average molecular weight is 239 g/mol. The molecule has 0 radical (unpaired) electrons. The van der Waals surface area contributed by atoms with E-state index in [9.17, 15) is 4.79 Å². The summed E-state index contributed by atoms with van der Waals surface area (Å²) < 4.78 is 0. The predicted octanol–water partition coefficient (Wildman–Crippen LogP) is 0.539. The van der Waals surface area contributed by atoms with E-state index in [-0.39, 0.29) is 5.92 Å². The zero-order valence-corrected chi connectivity index (χ0v) is 11.1. The number of hydrogen-bond donors (Lipinski definition) is 1. The number of carbonyl (C=O) groups is 1. The zero-order chi connectivity index (χ0) is 12.3. The van der Waals surface area contributed by atoms with E-state index >= 15 is 0 Å². The minimum absolute atomic E-state index is 0.240. The van der Waals surface area contributed by atoms with Gasteiger partial charge < -0.3 is 15.1 Å². The fraction of sp³-hybridized carbons (Fsp3) is 0.923. The van der Waals surface area contributed by atoms with Gasteiger partial charge >= 0.3 is 0 Å². The minimum Gasteiger partial charge on any atom is -0.340 e. The topological polar surface area (TPSA) is 35.6 Å². The molecule has 2 rings (SSSR count). The number of rotatable bonds is 2. The lowest BCUT2D eigenvalue weighted by molar-refractivity contribution is -0.138. The number of piperidine rings is 1. The maximum Gasteiger partial charge on any atom is 0.227 e. The summed E-state index contributed by atoms with van der Waals surface area (Å²) in [6, 6.07) is 0.564. The first-order valence-corrected chi connectivity index (χ1v) is 6.92. The molecule has 0 saturated carbocycles. The maximum atomic E-state index is 12.4. The van der Waals surface area contributed by atoms with Gasteiger partial charge in [0.25, 0.3) is 0 Å². The molecular formula is C13H25N3O. The van der Waals surface area contributed by atoms with Crippen LogP contribution in [0.4, 0.5) is 0 Å². The van der Waals surface area contributed by atoms with E-state index in [1.165, 1.54) is 6.42 Å². The number of likely N-dealkylation sites (tertiary alicyclic amines) is 1. The third-order valence-corrected chi connectivity index (χ3v) is 3.96. The van der Waals surface area contributed by atoms with Gasteiger partial charge in [-0.25, -0.2) is 0 Å². The Kier molecular flexibility index (Phi) is 4.40. The van der Waals surface area contributed by atoms with Crippen molar-refractivity contribution in [1.82, 2.24) is 15.1 Å². The van der Waals surface area contributed by atoms with Crippen molar-refractivity contribution >= 4 is 5.91 Å². The zero-order valence-electron chi connectivity index (χ0n) is 11.1. The molecule has 17 heavy (non-hydrogen) atoms. The van der Waals surface area contributed by atoms with Crippen molar-refractivity contribution in [3.05, 3.63) is 0 Å². The van der Waals surface area contributed by atoms with E-state index in [0.717, 1.165) is 45.7 Å². The van der Waals surface area contributed by atoms with Crippen LogP contribution in [0.2, 0.25) is 0 Å². The van der Waals surface area contributed by atoms with Gasteiger partial charge in [-0.15, -0.1) is 0 Å². The second-order valence-electron chi connectivity index (χ2n) is 5.50. The Balaban J connectivity index is 1.89. The molecule has 2 aliphatic rings. The van der Waals surface area contributed by atoms with Crippen LogP contribution in [0, 0.1) is 5.92 Å². The van der Waals surface area contributed by atoms with E-state index in [0.29, 0.717) is 11.9 Å². The summed E-state index contributed by atoms with van der Waals surface area (Å²) in [5.41, 5.74) is 0. The molecule has 0 bridgehead atoms. The third kappa shape index (κ3) is 3.19. The van der Waals surface area contributed by atoms with Crippen LogP contribution in [0.1, 0.15) is 26.7 Å². The molecule has 0 spiro atoms. The first kappa shape index (κ1) is 12.8. The van der Waals surface area contributed by atoms with Gasteiger partial charge in [0, 0.05) is 38.8 Å². The molecule has 2 saturated heterocycles. The van der Waals surface area contributed by atoms with Gasteiger partial charge in [-0.1, -0.05) is 0 Å². The fourth-order valence-corrected chi connectivity index (χ4v) is 2.82. The third-order valence-electron chi connectivity index (χ3n) is 3.96. The summed E-state index contributed by atoms with van der Waals surface area (Å²) in [5.74, 6) is 0.626. The van der Waals surface area contributed by atoms with Crippen LogP contribution in [-0.2, 0) is 4.79 Å². The molecule has 0 aromatic rings. The number of piperazine rings is 1. The molecule has 2 aliphatic heterocycles. The van der Waals surface area contributed by atoms with Gasteiger partial charge in [0.15, 0.2) is 0 Å². The molecule has 2 heterocycles. The molecule has 0 aromatic heterocycles. The van der Waals surface area contributed by atoms with E-state index in [1.54, 1.807) is 0 Å². The monoisotopic (exact) mass is 239 g/mol. The van der Waals surface area contributed by atoms with Gasteiger partial charge in [0.1, 0.15) is 0 Å². The van der Waals surface area contributed by atoms with Crippen LogP contribution in [0.5, 0.6) is 0 Å². The Morgan fingerprint density at radius 2 is 1.94 bits per heavy atom. The lowest BCUT2D eigenvalue weighted by Gasteiger charge is -2.38. The highest BCUT2D eigenvalue weighted by molar-refractivity contribution is 5.79. The van der Waals surface area contributed by atoms with E-state index in [2.05, 4.69) is 24.1 Å². The summed E-state index contributed by atoms with van der Waals surface area (Å²) in [4.78, 5) is 16.9. The molecule has 0 aliphatic carbocycles. The highest BCUT2D eigenvalue weighted by atomic mass is 16.2. The van der Waals surface area contributed by atoms with Crippen molar-refractivity contribution < 1.29 is 4.79 Å². The van der Waals surface area contributed by atoms with Crippen molar-refractivity contribution in [2.75, 3.05) is 39.3 Å². The summed E-state index contributed by atoms with van der Waals surface area (Å²) in [7, 11) is 0. The van der Waals surface area contributed by atoms with Gasteiger partial charge in [0.2, 0.25) is 5.91 Å². The van der Waals surface area contributed by atoms with Crippen LogP contribution in [0.25, 0.3) is 0 Å². The first-order valence-electron chi connectivity index (χ1n) is 6.92. The van der Waals surface area contributed by atoms with E-state index < -0.39 is 0 Å². The minimum atomic E-state index is 0.240. The van der Waals surface area contributed by atoms with Crippen molar-refractivity contribution in [3.8, 4) is 0 Å². The summed E-state index contributed by atoms with van der Waals surface area (Å²) in [5, 5.41) is 3.30. The van der Waals surface area contributed by atoms with Crippen LogP contribution < -0.4 is 5.32 Å². The Labute approximate surface area is 104 Å². The van der Waals surface area contributed by atoms with Crippen molar-refractivity contribution in [3.63, 3.8) is 0 Å². The Bertz CT molecular complexity index is 261. The number of hydrogen-bond acceptors (Lipinski definition) is 3. The second-order valence-corrected chi connectivity index (χ2v) is 5.50. The van der Waals surface area contributed by atoms with Crippen LogP contribution >= 0.6 is 0 Å². The van der Waals surface area contributed by atoms with Crippen LogP contribution in [-0.4, -0.2) is 61.0 Å². The Morgan fingerprint density at radius 1 is 1.24 bits per heavy atom. The SMILES string of the molecule is CC(C)N1CCCC(C(=O)N2CCNCC2)C1. The van der Waals surface area contributed by atoms with Crippen molar-refractivity contribution in [2.24, 2.45) is 5.92 Å². The van der Waals surface area contributed by atoms with E-state index in [1.807, 2.05) is 4.90 Å². The number of nitrogens with zero attached hydrogens (tertiary/aromatic N) is 2. The molecule has 2 fully saturated rings. The molecule has 1 unspecified atom stereocenters. The normalized spacial score (nSPS) is 27.5. The lowest BCUT2D eigenvalue weighted by Crippen LogP contribution is -2.52. The summed E-state index contributed by atoms with van der Waals surface area (Å²) >= 11 is 0.